The van der Waals surface area contributed by atoms with E-state index in [4.69, 9.17) is 0 Å². The maximum Gasteiger partial charge on any atom is 0.319 e. The summed E-state index contributed by atoms with van der Waals surface area (Å²) >= 11 is 0. The number of aliphatic hydroxyl groups is 1. The van der Waals surface area contributed by atoms with Crippen molar-refractivity contribution in [3.05, 3.63) is 54.1 Å². The predicted octanol–water partition coefficient (Wildman–Crippen LogP) is 2.51. The zero-order valence-electron chi connectivity index (χ0n) is 13.8. The Balaban J connectivity index is 1.60. The normalized spacial score (nSPS) is 20.4. The van der Waals surface area contributed by atoms with Gasteiger partial charge in [-0.1, -0.05) is 42.0 Å². The SMILES string of the molecule is Cc1cccc(-c2ccc(NC(=O)N[C@@H]3CNCC[C@H]3O)cc2)c1. The Morgan fingerprint density at radius 2 is 1.96 bits per heavy atom. The maximum atomic E-state index is 12.1. The van der Waals surface area contributed by atoms with Crippen molar-refractivity contribution in [2.24, 2.45) is 0 Å². The van der Waals surface area contributed by atoms with Crippen LogP contribution in [-0.4, -0.2) is 36.4 Å². The second-order valence-electron chi connectivity index (χ2n) is 6.21. The number of carbonyl (C=O) groups is 1. The molecule has 4 N–H and O–H groups in total. The Bertz CT molecular complexity index is 700. The van der Waals surface area contributed by atoms with Gasteiger partial charge in [0.2, 0.25) is 0 Å². The quantitative estimate of drug-likeness (QED) is 0.700. The third-order valence-corrected chi connectivity index (χ3v) is 4.26. The summed E-state index contributed by atoms with van der Waals surface area (Å²) in [5.74, 6) is 0. The third-order valence-electron chi connectivity index (χ3n) is 4.26. The lowest BCUT2D eigenvalue weighted by Gasteiger charge is -2.29. The summed E-state index contributed by atoms with van der Waals surface area (Å²) in [5, 5.41) is 18.7. The molecule has 1 fully saturated rings. The number of anilines is 1. The van der Waals surface area contributed by atoms with Gasteiger partial charge >= 0.3 is 6.03 Å². The fraction of sp³-hybridized carbons (Fsp3) is 0.316. The molecule has 3 rings (SSSR count). The molecule has 24 heavy (non-hydrogen) atoms. The summed E-state index contributed by atoms with van der Waals surface area (Å²) in [6.07, 6.45) is 0.150. The molecule has 2 aromatic carbocycles. The molecule has 0 bridgehead atoms. The highest BCUT2D eigenvalue weighted by Gasteiger charge is 2.24. The Hall–Kier alpha value is -2.37. The van der Waals surface area contributed by atoms with Crippen LogP contribution in [0.5, 0.6) is 0 Å². The minimum Gasteiger partial charge on any atom is -0.391 e. The first kappa shape index (κ1) is 16.5. The average Bonchev–Trinajstić information content (AvgIpc) is 2.58. The molecule has 1 saturated heterocycles. The Morgan fingerprint density at radius 1 is 1.17 bits per heavy atom. The molecule has 5 heteroatoms. The van der Waals surface area contributed by atoms with E-state index in [0.717, 1.165) is 23.4 Å². The van der Waals surface area contributed by atoms with Gasteiger partial charge in [-0.25, -0.2) is 4.79 Å². The second-order valence-corrected chi connectivity index (χ2v) is 6.21. The number of urea groups is 1. The maximum absolute atomic E-state index is 12.1. The lowest BCUT2D eigenvalue weighted by atomic mass is 10.0. The molecule has 0 aromatic heterocycles. The highest BCUT2D eigenvalue weighted by atomic mass is 16.3. The van der Waals surface area contributed by atoms with Gasteiger partial charge in [-0.15, -0.1) is 0 Å². The molecule has 0 radical (unpaired) electrons. The van der Waals surface area contributed by atoms with E-state index < -0.39 is 6.10 Å². The molecule has 5 nitrogen and oxygen atoms in total. The number of nitrogens with one attached hydrogen (secondary N) is 3. The summed E-state index contributed by atoms with van der Waals surface area (Å²) in [6, 6.07) is 15.5. The summed E-state index contributed by atoms with van der Waals surface area (Å²) in [6.45, 7) is 3.43. The van der Waals surface area contributed by atoms with Crippen LogP contribution in [0.25, 0.3) is 11.1 Å². The Labute approximate surface area is 142 Å². The van der Waals surface area contributed by atoms with E-state index in [9.17, 15) is 9.90 Å². The van der Waals surface area contributed by atoms with Gasteiger partial charge in [-0.05, 0) is 43.1 Å². The van der Waals surface area contributed by atoms with Crippen LogP contribution in [0, 0.1) is 6.92 Å². The molecular formula is C19H23N3O2. The van der Waals surface area contributed by atoms with Crippen molar-refractivity contribution in [3.8, 4) is 11.1 Å². The van der Waals surface area contributed by atoms with Gasteiger partial charge < -0.3 is 21.1 Å². The van der Waals surface area contributed by atoms with Crippen LogP contribution in [0.2, 0.25) is 0 Å². The van der Waals surface area contributed by atoms with E-state index in [0.29, 0.717) is 13.0 Å². The number of carbonyl (C=O) groups excluding carboxylic acids is 1. The molecule has 1 aliphatic heterocycles. The van der Waals surface area contributed by atoms with Gasteiger partial charge in [0.05, 0.1) is 12.1 Å². The van der Waals surface area contributed by atoms with Gasteiger partial charge in [-0.2, -0.15) is 0 Å². The summed E-state index contributed by atoms with van der Waals surface area (Å²) < 4.78 is 0. The number of hydrogen-bond acceptors (Lipinski definition) is 3. The molecule has 0 saturated carbocycles. The van der Waals surface area contributed by atoms with Crippen molar-refractivity contribution in [1.29, 1.82) is 0 Å². The third kappa shape index (κ3) is 4.13. The van der Waals surface area contributed by atoms with Crippen LogP contribution in [0.4, 0.5) is 10.5 Å². The molecule has 1 heterocycles. The van der Waals surface area contributed by atoms with Crippen LogP contribution in [0.1, 0.15) is 12.0 Å². The lowest BCUT2D eigenvalue weighted by Crippen LogP contribution is -2.54. The van der Waals surface area contributed by atoms with Gasteiger partial charge in [0, 0.05) is 12.2 Å². The minimum atomic E-state index is -0.499. The smallest absolute Gasteiger partial charge is 0.319 e. The van der Waals surface area contributed by atoms with Gasteiger partial charge in [-0.3, -0.25) is 0 Å². The first-order valence-corrected chi connectivity index (χ1v) is 8.25. The van der Waals surface area contributed by atoms with Gasteiger partial charge in [0.25, 0.3) is 0 Å². The molecule has 2 aromatic rings. The fourth-order valence-corrected chi connectivity index (χ4v) is 2.90. The average molecular weight is 325 g/mol. The monoisotopic (exact) mass is 325 g/mol. The zero-order valence-corrected chi connectivity index (χ0v) is 13.8. The number of benzene rings is 2. The van der Waals surface area contributed by atoms with E-state index in [-0.39, 0.29) is 12.1 Å². The van der Waals surface area contributed by atoms with Crippen LogP contribution < -0.4 is 16.0 Å². The minimum absolute atomic E-state index is 0.259. The van der Waals surface area contributed by atoms with Crippen molar-refractivity contribution >= 4 is 11.7 Å². The van der Waals surface area contributed by atoms with Crippen LogP contribution in [0.3, 0.4) is 0 Å². The topological polar surface area (TPSA) is 73.4 Å². The van der Waals surface area contributed by atoms with Crippen LogP contribution in [0.15, 0.2) is 48.5 Å². The molecule has 2 amide bonds. The van der Waals surface area contributed by atoms with Crippen molar-refractivity contribution < 1.29 is 9.90 Å². The first-order chi connectivity index (χ1) is 11.6. The molecule has 1 aliphatic rings. The number of hydrogen-bond donors (Lipinski definition) is 4. The number of piperidine rings is 1. The van der Waals surface area contributed by atoms with Gasteiger partial charge in [0.15, 0.2) is 0 Å². The second kappa shape index (κ2) is 7.47. The molecule has 126 valence electrons. The summed E-state index contributed by atoms with van der Waals surface area (Å²) in [7, 11) is 0. The van der Waals surface area contributed by atoms with E-state index >= 15 is 0 Å². The van der Waals surface area contributed by atoms with Crippen LogP contribution >= 0.6 is 0 Å². The molecule has 0 unspecified atom stereocenters. The van der Waals surface area contributed by atoms with Crippen molar-refractivity contribution in [1.82, 2.24) is 10.6 Å². The highest BCUT2D eigenvalue weighted by Crippen LogP contribution is 2.22. The van der Waals surface area contributed by atoms with Gasteiger partial charge in [0.1, 0.15) is 0 Å². The molecular weight excluding hydrogens is 302 g/mol. The van der Waals surface area contributed by atoms with Crippen molar-refractivity contribution in [2.45, 2.75) is 25.5 Å². The van der Waals surface area contributed by atoms with Crippen molar-refractivity contribution in [2.75, 3.05) is 18.4 Å². The highest BCUT2D eigenvalue weighted by molar-refractivity contribution is 5.89. The van der Waals surface area contributed by atoms with Crippen LogP contribution in [-0.2, 0) is 0 Å². The fourth-order valence-electron chi connectivity index (χ4n) is 2.90. The predicted molar refractivity (Wildman–Crippen MR) is 96.1 cm³/mol. The molecule has 0 spiro atoms. The zero-order chi connectivity index (χ0) is 16.9. The number of rotatable bonds is 3. The standard InChI is InChI=1S/C19H23N3O2/c1-13-3-2-4-15(11-13)14-5-7-16(8-6-14)21-19(24)22-17-12-20-10-9-18(17)23/h2-8,11,17-18,20,23H,9-10,12H2,1H3,(H2,21,22,24)/t17-,18-/m1/s1. The number of aliphatic hydroxyl groups excluding tert-OH is 1. The lowest BCUT2D eigenvalue weighted by molar-refractivity contribution is 0.103. The number of aryl methyl sites for hydroxylation is 1. The molecule has 0 aliphatic carbocycles. The van der Waals surface area contributed by atoms with E-state index in [1.54, 1.807) is 0 Å². The summed E-state index contributed by atoms with van der Waals surface area (Å²) in [4.78, 5) is 12.1. The van der Waals surface area contributed by atoms with Crippen molar-refractivity contribution in [3.63, 3.8) is 0 Å². The Kier molecular flexibility index (Phi) is 5.13. The van der Waals surface area contributed by atoms with E-state index in [2.05, 4.69) is 41.1 Å². The largest absolute Gasteiger partial charge is 0.391 e. The van der Waals surface area contributed by atoms with E-state index in [1.165, 1.54) is 5.56 Å². The summed E-state index contributed by atoms with van der Waals surface area (Å²) in [5.41, 5.74) is 4.20. The van der Waals surface area contributed by atoms with E-state index in [1.807, 2.05) is 30.3 Å². The molecule has 2 atom stereocenters. The first-order valence-electron chi connectivity index (χ1n) is 8.25. The number of amides is 2. The Morgan fingerprint density at radius 3 is 2.67 bits per heavy atom.